The van der Waals surface area contributed by atoms with E-state index in [9.17, 15) is 4.79 Å². The second-order valence-electron chi connectivity index (χ2n) is 6.88. The minimum atomic E-state index is 0.0630. The average molecular weight is 286 g/mol. The molecule has 2 atom stereocenters. The summed E-state index contributed by atoms with van der Waals surface area (Å²) in [5, 5.41) is 3.66. The molecule has 0 heterocycles. The Bertz CT molecular complexity index is 490. The maximum atomic E-state index is 11.9. The highest BCUT2D eigenvalue weighted by molar-refractivity contribution is 5.94. The van der Waals surface area contributed by atoms with Crippen LogP contribution in [-0.4, -0.2) is 30.9 Å². The van der Waals surface area contributed by atoms with Crippen molar-refractivity contribution in [3.05, 3.63) is 29.8 Å². The predicted molar refractivity (Wildman–Crippen MR) is 86.6 cm³/mol. The van der Waals surface area contributed by atoms with Crippen molar-refractivity contribution in [3.8, 4) is 0 Å². The summed E-state index contributed by atoms with van der Waals surface area (Å²) < 4.78 is 0. The molecule has 2 unspecified atom stereocenters. The fourth-order valence-corrected chi connectivity index (χ4v) is 3.56. The molecule has 3 nitrogen and oxygen atoms in total. The van der Waals surface area contributed by atoms with Crippen LogP contribution in [0.25, 0.3) is 0 Å². The Balaban J connectivity index is 1.58. The molecule has 2 saturated carbocycles. The monoisotopic (exact) mass is 286 g/mol. The van der Waals surface area contributed by atoms with E-state index in [-0.39, 0.29) is 5.91 Å². The highest BCUT2D eigenvalue weighted by atomic mass is 16.2. The SMILES string of the molecule is CN(C)C(=O)c1ccc(NC2CCCC(C3CC3)C2)cc1. The third kappa shape index (κ3) is 3.58. The molecule has 0 aromatic heterocycles. The number of amides is 1. The van der Waals surface area contributed by atoms with E-state index in [2.05, 4.69) is 5.32 Å². The Kier molecular flexibility index (Phi) is 4.18. The molecule has 1 amide bonds. The van der Waals surface area contributed by atoms with Crippen LogP contribution >= 0.6 is 0 Å². The molecule has 1 aromatic rings. The predicted octanol–water partition coefficient (Wildman–Crippen LogP) is 3.77. The highest BCUT2D eigenvalue weighted by Crippen LogP contribution is 2.44. The third-order valence-corrected chi connectivity index (χ3v) is 4.91. The Labute approximate surface area is 127 Å². The number of carbonyl (C=O) groups excluding carboxylic acids is 1. The highest BCUT2D eigenvalue weighted by Gasteiger charge is 2.34. The van der Waals surface area contributed by atoms with Gasteiger partial charge in [-0.25, -0.2) is 0 Å². The quantitative estimate of drug-likeness (QED) is 0.914. The Morgan fingerprint density at radius 1 is 1.05 bits per heavy atom. The summed E-state index contributed by atoms with van der Waals surface area (Å²) in [5.74, 6) is 2.04. The van der Waals surface area contributed by atoms with Gasteiger partial charge in [-0.15, -0.1) is 0 Å². The van der Waals surface area contributed by atoms with Gasteiger partial charge in [-0.05, 0) is 61.8 Å². The van der Waals surface area contributed by atoms with E-state index in [4.69, 9.17) is 0 Å². The van der Waals surface area contributed by atoms with Crippen LogP contribution in [0.15, 0.2) is 24.3 Å². The Hall–Kier alpha value is -1.51. The molecule has 0 radical (unpaired) electrons. The van der Waals surface area contributed by atoms with Crippen LogP contribution in [0.1, 0.15) is 48.9 Å². The summed E-state index contributed by atoms with van der Waals surface area (Å²) in [6.45, 7) is 0. The van der Waals surface area contributed by atoms with Crippen LogP contribution < -0.4 is 5.32 Å². The first-order valence-corrected chi connectivity index (χ1v) is 8.22. The molecule has 114 valence electrons. The van der Waals surface area contributed by atoms with Gasteiger partial charge in [-0.3, -0.25) is 4.79 Å². The zero-order valence-corrected chi connectivity index (χ0v) is 13.1. The molecule has 21 heavy (non-hydrogen) atoms. The molecule has 1 aromatic carbocycles. The van der Waals surface area contributed by atoms with Crippen LogP contribution in [0.4, 0.5) is 5.69 Å². The molecule has 3 heteroatoms. The molecular formula is C18H26N2O. The van der Waals surface area contributed by atoms with E-state index < -0.39 is 0 Å². The average Bonchev–Trinajstić information content (AvgIpc) is 3.32. The van der Waals surface area contributed by atoms with Gasteiger partial charge in [0.1, 0.15) is 0 Å². The van der Waals surface area contributed by atoms with Crippen LogP contribution in [0, 0.1) is 11.8 Å². The van der Waals surface area contributed by atoms with Crippen molar-refractivity contribution in [2.45, 2.75) is 44.6 Å². The van der Waals surface area contributed by atoms with Gasteiger partial charge in [-0.2, -0.15) is 0 Å². The molecule has 2 fully saturated rings. The third-order valence-electron chi connectivity index (χ3n) is 4.91. The molecule has 2 aliphatic carbocycles. The molecule has 3 rings (SSSR count). The van der Waals surface area contributed by atoms with Crippen molar-refractivity contribution in [3.63, 3.8) is 0 Å². The van der Waals surface area contributed by atoms with E-state index in [0.29, 0.717) is 6.04 Å². The first kappa shape index (κ1) is 14.4. The number of rotatable bonds is 4. The van der Waals surface area contributed by atoms with Crippen molar-refractivity contribution in [2.24, 2.45) is 11.8 Å². The van der Waals surface area contributed by atoms with Crippen molar-refractivity contribution in [2.75, 3.05) is 19.4 Å². The van der Waals surface area contributed by atoms with Crippen LogP contribution in [0.2, 0.25) is 0 Å². The van der Waals surface area contributed by atoms with Gasteiger partial charge in [0.15, 0.2) is 0 Å². The van der Waals surface area contributed by atoms with Gasteiger partial charge in [0.25, 0.3) is 5.91 Å². The first-order chi connectivity index (χ1) is 10.1. The van der Waals surface area contributed by atoms with E-state index in [1.54, 1.807) is 19.0 Å². The maximum Gasteiger partial charge on any atom is 0.253 e. The van der Waals surface area contributed by atoms with Gasteiger partial charge < -0.3 is 10.2 Å². The fourth-order valence-electron chi connectivity index (χ4n) is 3.56. The fraction of sp³-hybridized carbons (Fsp3) is 0.611. The minimum Gasteiger partial charge on any atom is -0.382 e. The van der Waals surface area contributed by atoms with Gasteiger partial charge in [0.05, 0.1) is 0 Å². The Morgan fingerprint density at radius 3 is 2.38 bits per heavy atom. The maximum absolute atomic E-state index is 11.9. The summed E-state index contributed by atoms with van der Waals surface area (Å²) in [7, 11) is 3.57. The Morgan fingerprint density at radius 2 is 1.76 bits per heavy atom. The standard InChI is InChI=1S/C18H26N2O/c1-20(2)18(21)14-8-10-16(11-9-14)19-17-5-3-4-15(12-17)13-6-7-13/h8-11,13,15,17,19H,3-7,12H2,1-2H3. The lowest BCUT2D eigenvalue weighted by Gasteiger charge is -2.30. The van der Waals surface area contributed by atoms with Crippen molar-refractivity contribution in [1.82, 2.24) is 4.90 Å². The summed E-state index contributed by atoms with van der Waals surface area (Å²) in [5.41, 5.74) is 1.90. The molecule has 0 spiro atoms. The number of benzene rings is 1. The van der Waals surface area contributed by atoms with Gasteiger partial charge in [-0.1, -0.05) is 12.8 Å². The van der Waals surface area contributed by atoms with Crippen LogP contribution in [0.5, 0.6) is 0 Å². The molecule has 2 aliphatic rings. The second kappa shape index (κ2) is 6.08. The number of hydrogen-bond acceptors (Lipinski definition) is 2. The van der Waals surface area contributed by atoms with Crippen LogP contribution in [0.3, 0.4) is 0 Å². The summed E-state index contributed by atoms with van der Waals surface area (Å²) in [4.78, 5) is 13.5. The summed E-state index contributed by atoms with van der Waals surface area (Å²) in [6.07, 6.45) is 8.30. The lowest BCUT2D eigenvalue weighted by molar-refractivity contribution is 0.0827. The lowest BCUT2D eigenvalue weighted by atomic mass is 9.82. The molecule has 0 bridgehead atoms. The van der Waals surface area contributed by atoms with E-state index >= 15 is 0 Å². The summed E-state index contributed by atoms with van der Waals surface area (Å²) >= 11 is 0. The minimum absolute atomic E-state index is 0.0630. The number of hydrogen-bond donors (Lipinski definition) is 1. The molecular weight excluding hydrogens is 260 g/mol. The van der Waals surface area contributed by atoms with E-state index in [1.165, 1.54) is 38.5 Å². The van der Waals surface area contributed by atoms with Gasteiger partial charge in [0, 0.05) is 31.4 Å². The molecule has 0 saturated heterocycles. The van der Waals surface area contributed by atoms with Crippen molar-refractivity contribution < 1.29 is 4.79 Å². The van der Waals surface area contributed by atoms with E-state index in [1.807, 2.05) is 24.3 Å². The lowest BCUT2D eigenvalue weighted by Crippen LogP contribution is -2.28. The number of nitrogens with zero attached hydrogens (tertiary/aromatic N) is 1. The normalized spacial score (nSPS) is 25.4. The zero-order chi connectivity index (χ0) is 14.8. The van der Waals surface area contributed by atoms with Gasteiger partial charge in [0.2, 0.25) is 0 Å². The topological polar surface area (TPSA) is 32.3 Å². The largest absolute Gasteiger partial charge is 0.382 e. The van der Waals surface area contributed by atoms with Crippen LogP contribution in [-0.2, 0) is 0 Å². The first-order valence-electron chi connectivity index (χ1n) is 8.22. The molecule has 0 aliphatic heterocycles. The number of anilines is 1. The summed E-state index contributed by atoms with van der Waals surface area (Å²) in [6, 6.07) is 8.53. The zero-order valence-electron chi connectivity index (χ0n) is 13.1. The molecule has 1 N–H and O–H groups in total. The number of carbonyl (C=O) groups is 1. The number of nitrogens with one attached hydrogen (secondary N) is 1. The van der Waals surface area contributed by atoms with E-state index in [0.717, 1.165) is 23.1 Å². The second-order valence-corrected chi connectivity index (χ2v) is 6.88. The smallest absolute Gasteiger partial charge is 0.253 e. The van der Waals surface area contributed by atoms with Crippen molar-refractivity contribution >= 4 is 11.6 Å². The van der Waals surface area contributed by atoms with Crippen molar-refractivity contribution in [1.29, 1.82) is 0 Å². The van der Waals surface area contributed by atoms with Gasteiger partial charge >= 0.3 is 0 Å².